The van der Waals surface area contributed by atoms with Crippen LogP contribution in [0.15, 0.2) is 70.9 Å². The van der Waals surface area contributed by atoms with Gasteiger partial charge in [-0.3, -0.25) is 4.90 Å². The van der Waals surface area contributed by atoms with E-state index in [4.69, 9.17) is 14.6 Å². The van der Waals surface area contributed by atoms with E-state index in [9.17, 15) is 14.3 Å². The summed E-state index contributed by atoms with van der Waals surface area (Å²) in [6.45, 7) is 0.679. The van der Waals surface area contributed by atoms with Gasteiger partial charge in [-0.05, 0) is 72.5 Å². The molecule has 0 fully saturated rings. The first kappa shape index (κ1) is 26.5. The number of amides is 1. The van der Waals surface area contributed by atoms with Crippen molar-refractivity contribution in [2.75, 3.05) is 26.4 Å². The van der Waals surface area contributed by atoms with E-state index < -0.39 is 18.3 Å². The van der Waals surface area contributed by atoms with Crippen molar-refractivity contribution in [2.45, 2.75) is 31.5 Å². The van der Waals surface area contributed by atoms with Gasteiger partial charge in [0, 0.05) is 53.2 Å². The number of benzene rings is 2. The molecule has 0 saturated carbocycles. The molecule has 3 N–H and O–H groups in total. The van der Waals surface area contributed by atoms with Crippen LogP contribution in [0.2, 0.25) is 0 Å². The number of carbonyl (C=O) groups excluding carboxylic acids is 1. The average molecular weight is 585 g/mol. The number of fused-ring (bicyclic) bond motifs is 3. The lowest BCUT2D eigenvalue weighted by Gasteiger charge is -2.35. The van der Waals surface area contributed by atoms with Gasteiger partial charge < -0.3 is 24.7 Å². The summed E-state index contributed by atoms with van der Waals surface area (Å²) in [6, 6.07) is 13.2. The SMILES string of the molecule is O=C(OC1=CCC(F)C=C1)N1CCc2c([nH]c3ccc(Br)cc23)C1c1ccc(OCC(CO)CCO)cc1. The van der Waals surface area contributed by atoms with Crippen molar-refractivity contribution in [2.24, 2.45) is 5.92 Å². The molecule has 7 nitrogen and oxygen atoms in total. The zero-order valence-corrected chi connectivity index (χ0v) is 22.4. The molecule has 5 rings (SSSR count). The molecule has 9 heteroatoms. The molecule has 2 heterocycles. The second-order valence-corrected chi connectivity index (χ2v) is 10.5. The van der Waals surface area contributed by atoms with Gasteiger partial charge >= 0.3 is 6.09 Å². The average Bonchev–Trinajstić information content (AvgIpc) is 3.30. The number of aliphatic hydroxyl groups excluding tert-OH is 2. The minimum absolute atomic E-state index is 0.00834. The molecule has 0 spiro atoms. The van der Waals surface area contributed by atoms with E-state index >= 15 is 0 Å². The van der Waals surface area contributed by atoms with E-state index in [-0.39, 0.29) is 25.6 Å². The maximum atomic E-state index is 13.5. The van der Waals surface area contributed by atoms with Crippen LogP contribution in [-0.4, -0.2) is 58.7 Å². The van der Waals surface area contributed by atoms with Gasteiger partial charge in [-0.2, -0.15) is 0 Å². The van der Waals surface area contributed by atoms with Gasteiger partial charge in [0.25, 0.3) is 0 Å². The molecule has 2 aliphatic rings. The third-order valence-electron chi connectivity index (χ3n) is 7.02. The Hall–Kier alpha value is -3.14. The normalized spacial score (nSPS) is 19.7. The third-order valence-corrected chi connectivity index (χ3v) is 7.51. The predicted molar refractivity (Wildman–Crippen MR) is 146 cm³/mol. The summed E-state index contributed by atoms with van der Waals surface area (Å²) in [5.41, 5.74) is 3.95. The van der Waals surface area contributed by atoms with Gasteiger partial charge in [-0.25, -0.2) is 9.18 Å². The highest BCUT2D eigenvalue weighted by molar-refractivity contribution is 9.10. The highest BCUT2D eigenvalue weighted by Crippen LogP contribution is 2.40. The monoisotopic (exact) mass is 584 g/mol. The van der Waals surface area contributed by atoms with Gasteiger partial charge in [0.05, 0.1) is 6.61 Å². The maximum absolute atomic E-state index is 13.5. The fourth-order valence-corrected chi connectivity index (χ4v) is 5.35. The molecule has 2 aromatic carbocycles. The number of carbonyl (C=O) groups is 1. The van der Waals surface area contributed by atoms with E-state index in [2.05, 4.69) is 27.0 Å². The van der Waals surface area contributed by atoms with Crippen LogP contribution in [0.1, 0.15) is 35.7 Å². The molecule has 38 heavy (non-hydrogen) atoms. The number of H-pyrrole nitrogens is 1. The Morgan fingerprint density at radius 2 is 2.03 bits per heavy atom. The standard InChI is InChI=1S/C29H30BrFN2O5/c30-20-3-10-26-25(15-20)24-11-13-33(29(36)38-23-8-4-21(31)5-9-23)28(27(24)32-26)19-1-6-22(7-2-19)37-17-18(16-35)12-14-34/h1-4,6-10,15,18,21,28,32,34-35H,5,11-14,16-17H2. The fraction of sp³-hybridized carbons (Fsp3) is 0.345. The van der Waals surface area contributed by atoms with Crippen LogP contribution in [0.5, 0.6) is 5.75 Å². The lowest BCUT2D eigenvalue weighted by molar-refractivity contribution is 0.114. The molecule has 0 radical (unpaired) electrons. The molecule has 3 aromatic rings. The second-order valence-electron chi connectivity index (χ2n) is 9.58. The molecule has 1 amide bonds. The smallest absolute Gasteiger partial charge is 0.416 e. The summed E-state index contributed by atoms with van der Waals surface area (Å²) in [5.74, 6) is 0.834. The number of hydrogen-bond acceptors (Lipinski definition) is 5. The van der Waals surface area contributed by atoms with Crippen molar-refractivity contribution >= 4 is 32.9 Å². The number of aromatic amines is 1. The third kappa shape index (κ3) is 5.65. The number of aromatic nitrogens is 1. The molecular formula is C29H30BrFN2O5. The number of ether oxygens (including phenoxy) is 2. The minimum Gasteiger partial charge on any atom is -0.493 e. The van der Waals surface area contributed by atoms with Crippen molar-refractivity contribution in [3.63, 3.8) is 0 Å². The number of aliphatic hydroxyl groups is 2. The van der Waals surface area contributed by atoms with Crippen molar-refractivity contribution in [1.29, 1.82) is 0 Å². The molecule has 3 atom stereocenters. The Morgan fingerprint density at radius 3 is 2.74 bits per heavy atom. The minimum atomic E-state index is -1.06. The fourth-order valence-electron chi connectivity index (χ4n) is 4.98. The van der Waals surface area contributed by atoms with Gasteiger partial charge in [-0.1, -0.05) is 28.1 Å². The molecule has 200 valence electrons. The van der Waals surface area contributed by atoms with Gasteiger partial charge in [-0.15, -0.1) is 0 Å². The summed E-state index contributed by atoms with van der Waals surface area (Å²) in [4.78, 5) is 18.6. The van der Waals surface area contributed by atoms with E-state index in [1.165, 1.54) is 12.2 Å². The van der Waals surface area contributed by atoms with Crippen LogP contribution < -0.4 is 4.74 Å². The Labute approximate surface area is 228 Å². The Morgan fingerprint density at radius 1 is 1.21 bits per heavy atom. The predicted octanol–water partition coefficient (Wildman–Crippen LogP) is 5.57. The van der Waals surface area contributed by atoms with E-state index in [0.29, 0.717) is 37.5 Å². The summed E-state index contributed by atoms with van der Waals surface area (Å²) < 4.78 is 26.0. The number of nitrogens with zero attached hydrogens (tertiary/aromatic N) is 1. The first-order valence-electron chi connectivity index (χ1n) is 12.7. The largest absolute Gasteiger partial charge is 0.493 e. The van der Waals surface area contributed by atoms with Crippen molar-refractivity contribution in [1.82, 2.24) is 9.88 Å². The summed E-state index contributed by atoms with van der Waals surface area (Å²) in [5, 5.41) is 19.7. The van der Waals surface area contributed by atoms with Crippen LogP contribution in [0.3, 0.4) is 0 Å². The highest BCUT2D eigenvalue weighted by Gasteiger charge is 2.36. The second kappa shape index (κ2) is 11.7. The van der Waals surface area contributed by atoms with Crippen molar-refractivity contribution in [3.8, 4) is 5.75 Å². The number of halogens is 2. The lowest BCUT2D eigenvalue weighted by Crippen LogP contribution is -2.40. The topological polar surface area (TPSA) is 95.0 Å². The Bertz CT molecular complexity index is 1350. The number of nitrogens with one attached hydrogen (secondary N) is 1. The number of rotatable bonds is 8. The van der Waals surface area contributed by atoms with Gasteiger partial charge in [0.2, 0.25) is 0 Å². The highest BCUT2D eigenvalue weighted by atomic mass is 79.9. The van der Waals surface area contributed by atoms with Gasteiger partial charge in [0.15, 0.2) is 0 Å². The zero-order chi connectivity index (χ0) is 26.6. The summed E-state index contributed by atoms with van der Waals surface area (Å²) >= 11 is 3.57. The molecule has 1 aromatic heterocycles. The Kier molecular flexibility index (Phi) is 8.16. The summed E-state index contributed by atoms with van der Waals surface area (Å²) in [6.07, 6.45) is 4.23. The van der Waals surface area contributed by atoms with Crippen molar-refractivity contribution in [3.05, 3.63) is 87.7 Å². The molecule has 0 saturated heterocycles. The van der Waals surface area contributed by atoms with E-state index in [1.54, 1.807) is 11.0 Å². The summed E-state index contributed by atoms with van der Waals surface area (Å²) in [7, 11) is 0. The van der Waals surface area contributed by atoms with Gasteiger partial charge in [0.1, 0.15) is 23.7 Å². The molecule has 3 unspecified atom stereocenters. The first-order valence-corrected chi connectivity index (χ1v) is 13.5. The molecule has 1 aliphatic heterocycles. The molecule has 0 bridgehead atoms. The maximum Gasteiger partial charge on any atom is 0.416 e. The van der Waals surface area contributed by atoms with Crippen molar-refractivity contribution < 1.29 is 28.9 Å². The lowest BCUT2D eigenvalue weighted by atomic mass is 9.92. The number of allylic oxidation sites excluding steroid dienone is 3. The number of alkyl halides is 1. The van der Waals surface area contributed by atoms with Crippen LogP contribution in [-0.2, 0) is 11.2 Å². The van der Waals surface area contributed by atoms with E-state index in [0.717, 1.165) is 32.2 Å². The van der Waals surface area contributed by atoms with E-state index in [1.807, 2.05) is 36.4 Å². The van der Waals surface area contributed by atoms with Crippen LogP contribution in [0.25, 0.3) is 10.9 Å². The number of hydrogen-bond donors (Lipinski definition) is 3. The van der Waals surface area contributed by atoms with Crippen LogP contribution >= 0.6 is 15.9 Å². The van der Waals surface area contributed by atoms with Crippen LogP contribution in [0, 0.1) is 5.92 Å². The zero-order valence-electron chi connectivity index (χ0n) is 20.8. The van der Waals surface area contributed by atoms with Crippen LogP contribution in [0.4, 0.5) is 9.18 Å². The molecule has 1 aliphatic carbocycles. The first-order chi connectivity index (χ1) is 18.5. The molecular weight excluding hydrogens is 555 g/mol. The quantitative estimate of drug-likeness (QED) is 0.322. The Balaban J connectivity index is 1.44.